The van der Waals surface area contributed by atoms with E-state index in [1.165, 1.54) is 0 Å². The zero-order chi connectivity index (χ0) is 17.1. The summed E-state index contributed by atoms with van der Waals surface area (Å²) in [6, 6.07) is 10.8. The molecule has 1 aromatic carbocycles. The summed E-state index contributed by atoms with van der Waals surface area (Å²) >= 11 is 0. The second kappa shape index (κ2) is 6.55. The lowest BCUT2D eigenvalue weighted by molar-refractivity contribution is -0.183. The Labute approximate surface area is 137 Å². The third-order valence-electron chi connectivity index (χ3n) is 3.74. The van der Waals surface area contributed by atoms with Gasteiger partial charge in [-0.3, -0.25) is 4.79 Å². The Kier molecular flexibility index (Phi) is 4.30. The van der Waals surface area contributed by atoms with Gasteiger partial charge in [-0.25, -0.2) is 0 Å². The lowest BCUT2D eigenvalue weighted by atomic mass is 9.95. The van der Waals surface area contributed by atoms with Crippen LogP contribution in [-0.4, -0.2) is 18.2 Å². The van der Waals surface area contributed by atoms with Crippen LogP contribution in [-0.2, 0) is 9.47 Å². The fraction of sp³-hybridized carbons (Fsp3) is 0.235. The summed E-state index contributed by atoms with van der Waals surface area (Å²) in [6.07, 6.45) is 0.326. The van der Waals surface area contributed by atoms with Crippen LogP contribution in [0.15, 0.2) is 29.1 Å². The minimum atomic E-state index is -0.625. The summed E-state index contributed by atoms with van der Waals surface area (Å²) in [5, 5.41) is 18.7. The second-order valence-electron chi connectivity index (χ2n) is 5.27. The molecular weight excluding hydrogens is 308 g/mol. The first-order valence-corrected chi connectivity index (χ1v) is 7.35. The quantitative estimate of drug-likeness (QED) is 0.868. The first kappa shape index (κ1) is 15.8. The van der Waals surface area contributed by atoms with Gasteiger partial charge in [-0.05, 0) is 18.1 Å². The zero-order valence-electron chi connectivity index (χ0n) is 12.7. The summed E-state index contributed by atoms with van der Waals surface area (Å²) in [5.74, 6) is -0.0629. The Bertz CT molecular complexity index is 915. The van der Waals surface area contributed by atoms with Crippen LogP contribution in [0, 0.1) is 22.7 Å². The number of hydrogen-bond acceptors (Lipinski definition) is 6. The first-order valence-electron chi connectivity index (χ1n) is 7.35. The van der Waals surface area contributed by atoms with Crippen molar-refractivity contribution >= 4 is 5.82 Å². The molecule has 0 bridgehead atoms. The molecule has 0 radical (unpaired) electrons. The van der Waals surface area contributed by atoms with Crippen LogP contribution in [0.3, 0.4) is 0 Å². The van der Waals surface area contributed by atoms with E-state index in [1.807, 2.05) is 18.2 Å². The van der Waals surface area contributed by atoms with Crippen LogP contribution >= 0.6 is 0 Å². The smallest absolute Gasteiger partial charge is 0.268 e. The molecule has 1 aliphatic heterocycles. The Morgan fingerprint density at radius 2 is 1.88 bits per heavy atom. The monoisotopic (exact) mass is 322 g/mol. The maximum Gasteiger partial charge on any atom is 0.268 e. The number of nitrogens with zero attached hydrogens (tertiary/aromatic N) is 2. The van der Waals surface area contributed by atoms with E-state index >= 15 is 0 Å². The number of nitrogens with two attached hydrogens (primary N) is 1. The van der Waals surface area contributed by atoms with Gasteiger partial charge < -0.3 is 20.2 Å². The Balaban J connectivity index is 2.18. The molecule has 1 saturated heterocycles. The summed E-state index contributed by atoms with van der Waals surface area (Å²) < 4.78 is 11.1. The molecule has 0 unspecified atom stereocenters. The fourth-order valence-electron chi connectivity index (χ4n) is 2.65. The van der Waals surface area contributed by atoms with Gasteiger partial charge in [0.25, 0.3) is 5.56 Å². The Morgan fingerprint density at radius 3 is 2.54 bits per heavy atom. The van der Waals surface area contributed by atoms with Crippen molar-refractivity contribution in [3.8, 4) is 23.3 Å². The lowest BCUT2D eigenvalue weighted by Crippen LogP contribution is -2.18. The van der Waals surface area contributed by atoms with E-state index in [4.69, 9.17) is 15.2 Å². The van der Waals surface area contributed by atoms with Gasteiger partial charge in [-0.15, -0.1) is 0 Å². The maximum absolute atomic E-state index is 12.0. The largest absolute Gasteiger partial charge is 0.384 e. The number of pyridine rings is 1. The van der Waals surface area contributed by atoms with E-state index in [9.17, 15) is 15.3 Å². The highest BCUT2D eigenvalue weighted by atomic mass is 16.7. The van der Waals surface area contributed by atoms with Crippen molar-refractivity contribution in [3.63, 3.8) is 0 Å². The number of rotatable bonds is 2. The SMILES string of the molecule is N#Cc1c(N)[nH]c(=O)c(C#N)c1-c1cccc(C2OCCCO2)c1. The fourth-order valence-corrected chi connectivity index (χ4v) is 2.65. The molecule has 24 heavy (non-hydrogen) atoms. The van der Waals surface area contributed by atoms with E-state index in [2.05, 4.69) is 4.98 Å². The number of benzene rings is 1. The van der Waals surface area contributed by atoms with Crippen molar-refractivity contribution in [2.45, 2.75) is 12.7 Å². The second-order valence-corrected chi connectivity index (χ2v) is 5.27. The minimum absolute atomic E-state index is 0.0629. The molecule has 1 aromatic heterocycles. The molecule has 0 saturated carbocycles. The van der Waals surface area contributed by atoms with Crippen molar-refractivity contribution in [2.24, 2.45) is 0 Å². The molecule has 3 N–H and O–H groups in total. The summed E-state index contributed by atoms with van der Waals surface area (Å²) in [6.45, 7) is 1.19. The highest BCUT2D eigenvalue weighted by Gasteiger charge is 2.21. The molecule has 2 aromatic rings. The normalized spacial score (nSPS) is 14.8. The van der Waals surface area contributed by atoms with Crippen LogP contribution in [0.2, 0.25) is 0 Å². The Hall–Kier alpha value is -3.13. The van der Waals surface area contributed by atoms with E-state index in [0.29, 0.717) is 18.8 Å². The predicted molar refractivity (Wildman–Crippen MR) is 85.6 cm³/mol. The number of ether oxygens (including phenoxy) is 2. The van der Waals surface area contributed by atoms with Gasteiger partial charge in [-0.2, -0.15) is 10.5 Å². The topological polar surface area (TPSA) is 125 Å². The molecule has 120 valence electrons. The third-order valence-corrected chi connectivity index (χ3v) is 3.74. The third kappa shape index (κ3) is 2.74. The Morgan fingerprint density at radius 1 is 1.17 bits per heavy atom. The number of nitrogens with one attached hydrogen (secondary N) is 1. The van der Waals surface area contributed by atoms with Gasteiger partial charge in [0.1, 0.15) is 29.1 Å². The van der Waals surface area contributed by atoms with Crippen molar-refractivity contribution in [3.05, 3.63) is 51.3 Å². The van der Waals surface area contributed by atoms with Crippen LogP contribution < -0.4 is 11.3 Å². The van der Waals surface area contributed by atoms with Gasteiger partial charge in [0.2, 0.25) is 0 Å². The number of anilines is 1. The number of H-pyrrole nitrogens is 1. The van der Waals surface area contributed by atoms with Crippen molar-refractivity contribution in [2.75, 3.05) is 18.9 Å². The summed E-state index contributed by atoms with van der Waals surface area (Å²) in [5.41, 5.74) is 6.53. The van der Waals surface area contributed by atoms with Crippen LogP contribution in [0.5, 0.6) is 0 Å². The molecule has 1 aliphatic rings. The highest BCUT2D eigenvalue weighted by molar-refractivity contribution is 5.80. The van der Waals surface area contributed by atoms with Gasteiger partial charge in [0, 0.05) is 11.1 Å². The average Bonchev–Trinajstić information content (AvgIpc) is 2.62. The van der Waals surface area contributed by atoms with Gasteiger partial charge in [-0.1, -0.05) is 18.2 Å². The average molecular weight is 322 g/mol. The minimum Gasteiger partial charge on any atom is -0.384 e. The standard InChI is InChI=1S/C17H14N4O3/c18-8-12-14(13(9-19)16(22)21-15(12)20)10-3-1-4-11(7-10)17-23-5-2-6-24-17/h1,3-4,7,17H,2,5-6H2,(H3,20,21,22). The molecule has 7 nitrogen and oxygen atoms in total. The molecular formula is C17H14N4O3. The molecule has 0 aliphatic carbocycles. The number of nitriles is 2. The van der Waals surface area contributed by atoms with Crippen LogP contribution in [0.4, 0.5) is 5.82 Å². The van der Waals surface area contributed by atoms with Crippen molar-refractivity contribution in [1.29, 1.82) is 10.5 Å². The molecule has 0 spiro atoms. The van der Waals surface area contributed by atoms with Gasteiger partial charge >= 0.3 is 0 Å². The van der Waals surface area contributed by atoms with Crippen LogP contribution in [0.1, 0.15) is 29.4 Å². The van der Waals surface area contributed by atoms with Gasteiger partial charge in [0.15, 0.2) is 6.29 Å². The molecule has 0 atom stereocenters. The lowest BCUT2D eigenvalue weighted by Gasteiger charge is -2.24. The first-order chi connectivity index (χ1) is 11.7. The van der Waals surface area contributed by atoms with E-state index in [1.54, 1.807) is 18.2 Å². The molecule has 0 amide bonds. The van der Waals surface area contributed by atoms with Crippen molar-refractivity contribution in [1.82, 2.24) is 4.98 Å². The number of aromatic nitrogens is 1. The van der Waals surface area contributed by atoms with E-state index < -0.39 is 11.8 Å². The van der Waals surface area contributed by atoms with Gasteiger partial charge in [0.05, 0.1) is 13.2 Å². The van der Waals surface area contributed by atoms with E-state index in [0.717, 1.165) is 12.0 Å². The highest BCUT2D eigenvalue weighted by Crippen LogP contribution is 2.31. The summed E-state index contributed by atoms with van der Waals surface area (Å²) in [4.78, 5) is 14.3. The summed E-state index contributed by atoms with van der Waals surface area (Å²) in [7, 11) is 0. The zero-order valence-corrected chi connectivity index (χ0v) is 12.7. The molecule has 3 rings (SSSR count). The number of aromatic amines is 1. The van der Waals surface area contributed by atoms with E-state index in [-0.39, 0.29) is 22.5 Å². The van der Waals surface area contributed by atoms with Crippen molar-refractivity contribution < 1.29 is 9.47 Å². The molecule has 1 fully saturated rings. The van der Waals surface area contributed by atoms with Crippen LogP contribution in [0.25, 0.3) is 11.1 Å². The molecule has 2 heterocycles. The molecule has 7 heteroatoms. The number of nitrogen functional groups attached to an aromatic ring is 1. The predicted octanol–water partition coefficient (Wildman–Crippen LogP) is 1.80. The maximum atomic E-state index is 12.0. The number of hydrogen-bond donors (Lipinski definition) is 2.